The number of hydrogen-bond donors (Lipinski definition) is 1. The van der Waals surface area contributed by atoms with Gasteiger partial charge in [-0.25, -0.2) is 0 Å². The van der Waals surface area contributed by atoms with E-state index in [-0.39, 0.29) is 11.4 Å². The van der Waals surface area contributed by atoms with Gasteiger partial charge in [0.2, 0.25) is 5.91 Å². The molecule has 0 radical (unpaired) electrons. The Kier molecular flexibility index (Phi) is 2.84. The van der Waals surface area contributed by atoms with Gasteiger partial charge in [0.15, 0.2) is 0 Å². The predicted molar refractivity (Wildman–Crippen MR) is 78.4 cm³/mol. The molecule has 3 aliphatic rings. The molecular weight excluding hydrogens is 248 g/mol. The van der Waals surface area contributed by atoms with Crippen LogP contribution in [-0.4, -0.2) is 30.4 Å². The number of carbonyl (C=O) groups excluding carboxylic acids is 1. The molecule has 1 aliphatic carbocycles. The Bertz CT molecular complexity index is 528. The molecule has 1 aromatic rings. The average molecular weight is 270 g/mol. The number of amides is 1. The monoisotopic (exact) mass is 270 g/mol. The Hall–Kier alpha value is -1.35. The molecule has 0 aromatic heterocycles. The van der Waals surface area contributed by atoms with Crippen molar-refractivity contribution in [2.24, 2.45) is 5.92 Å². The predicted octanol–water partition coefficient (Wildman–Crippen LogP) is 2.06. The molecule has 1 saturated heterocycles. The van der Waals surface area contributed by atoms with E-state index in [1.807, 2.05) is 6.07 Å². The van der Waals surface area contributed by atoms with E-state index in [1.165, 1.54) is 30.5 Å². The molecule has 1 saturated carbocycles. The van der Waals surface area contributed by atoms with Gasteiger partial charge in [0.05, 0.1) is 12.0 Å². The molecule has 2 aliphatic heterocycles. The molecule has 1 N–H and O–H groups in total. The van der Waals surface area contributed by atoms with E-state index in [1.54, 1.807) is 0 Å². The number of hydrogen-bond acceptors (Lipinski definition) is 2. The maximum Gasteiger partial charge on any atom is 0.225 e. The van der Waals surface area contributed by atoms with Crippen molar-refractivity contribution in [2.45, 2.75) is 37.6 Å². The molecule has 4 rings (SSSR count). The van der Waals surface area contributed by atoms with Gasteiger partial charge in [-0.2, -0.15) is 0 Å². The first-order chi connectivity index (χ1) is 9.75. The summed E-state index contributed by atoms with van der Waals surface area (Å²) in [6, 6.07) is 8.49. The van der Waals surface area contributed by atoms with E-state index in [9.17, 15) is 4.79 Å². The smallest absolute Gasteiger partial charge is 0.225 e. The van der Waals surface area contributed by atoms with E-state index >= 15 is 0 Å². The van der Waals surface area contributed by atoms with Crippen LogP contribution in [0.1, 0.15) is 36.8 Å². The third kappa shape index (κ3) is 2.14. The number of fused-ring (bicyclic) bond motifs is 2. The highest BCUT2D eigenvalue weighted by atomic mass is 16.1. The largest absolute Gasteiger partial charge is 0.346 e. The Morgan fingerprint density at radius 3 is 2.70 bits per heavy atom. The summed E-state index contributed by atoms with van der Waals surface area (Å²) in [5, 5.41) is 3.31. The standard InChI is InChI=1S/C17H22N2O/c20-16-11-14-3-1-2-4-15(14)17(18-16)7-9-19(10-8-17)12-13-5-6-13/h1-4,13H,5-12H2,(H,18,20). The number of nitrogens with zero attached hydrogens (tertiary/aromatic N) is 1. The Morgan fingerprint density at radius 1 is 1.20 bits per heavy atom. The second-order valence-electron chi connectivity index (χ2n) is 6.71. The zero-order chi connectivity index (χ0) is 13.6. The number of nitrogens with one attached hydrogen (secondary N) is 1. The van der Waals surface area contributed by atoms with E-state index in [0.717, 1.165) is 31.8 Å². The normalized spacial score (nSPS) is 25.3. The lowest BCUT2D eigenvalue weighted by Crippen LogP contribution is -2.56. The maximum atomic E-state index is 12.0. The fourth-order valence-electron chi connectivity index (χ4n) is 3.87. The number of carbonyl (C=O) groups is 1. The third-order valence-corrected chi connectivity index (χ3v) is 5.19. The fourth-order valence-corrected chi connectivity index (χ4v) is 3.87. The van der Waals surface area contributed by atoms with Crippen molar-refractivity contribution in [3.05, 3.63) is 35.4 Å². The van der Waals surface area contributed by atoms with Gasteiger partial charge in [-0.3, -0.25) is 4.79 Å². The van der Waals surface area contributed by atoms with E-state index in [4.69, 9.17) is 0 Å². The second kappa shape index (κ2) is 4.59. The summed E-state index contributed by atoms with van der Waals surface area (Å²) < 4.78 is 0. The van der Waals surface area contributed by atoms with Gasteiger partial charge in [0, 0.05) is 19.6 Å². The highest BCUT2D eigenvalue weighted by molar-refractivity contribution is 5.82. The lowest BCUT2D eigenvalue weighted by molar-refractivity contribution is -0.124. The van der Waals surface area contributed by atoms with Crippen LogP contribution in [0.4, 0.5) is 0 Å². The maximum absolute atomic E-state index is 12.0. The van der Waals surface area contributed by atoms with Crippen molar-refractivity contribution < 1.29 is 4.79 Å². The summed E-state index contributed by atoms with van der Waals surface area (Å²) in [7, 11) is 0. The van der Waals surface area contributed by atoms with E-state index in [0.29, 0.717) is 6.42 Å². The van der Waals surface area contributed by atoms with Gasteiger partial charge in [0.25, 0.3) is 0 Å². The summed E-state index contributed by atoms with van der Waals surface area (Å²) in [6.07, 6.45) is 5.50. The molecule has 0 atom stereocenters. The number of benzene rings is 1. The minimum absolute atomic E-state index is 0.0913. The summed E-state index contributed by atoms with van der Waals surface area (Å²) >= 11 is 0. The molecule has 2 heterocycles. The number of piperidine rings is 1. The number of likely N-dealkylation sites (tertiary alicyclic amines) is 1. The lowest BCUT2D eigenvalue weighted by Gasteiger charge is -2.45. The lowest BCUT2D eigenvalue weighted by atomic mass is 9.75. The van der Waals surface area contributed by atoms with Crippen LogP contribution in [-0.2, 0) is 16.8 Å². The zero-order valence-electron chi connectivity index (χ0n) is 11.9. The van der Waals surface area contributed by atoms with Gasteiger partial charge in [-0.05, 0) is 42.7 Å². The first kappa shape index (κ1) is 12.4. The van der Waals surface area contributed by atoms with E-state index in [2.05, 4.69) is 28.4 Å². The van der Waals surface area contributed by atoms with Crippen molar-refractivity contribution in [2.75, 3.05) is 19.6 Å². The van der Waals surface area contributed by atoms with Crippen molar-refractivity contribution in [3.8, 4) is 0 Å². The Morgan fingerprint density at radius 2 is 1.95 bits per heavy atom. The Labute approximate surface area is 120 Å². The van der Waals surface area contributed by atoms with Crippen LogP contribution < -0.4 is 5.32 Å². The molecule has 3 heteroatoms. The molecule has 106 valence electrons. The highest BCUT2D eigenvalue weighted by Gasteiger charge is 2.42. The summed E-state index contributed by atoms with van der Waals surface area (Å²) in [4.78, 5) is 14.6. The summed E-state index contributed by atoms with van der Waals surface area (Å²) in [5.74, 6) is 1.15. The van der Waals surface area contributed by atoms with Gasteiger partial charge in [-0.15, -0.1) is 0 Å². The summed E-state index contributed by atoms with van der Waals surface area (Å²) in [5.41, 5.74) is 2.50. The van der Waals surface area contributed by atoms with Crippen molar-refractivity contribution >= 4 is 5.91 Å². The van der Waals surface area contributed by atoms with Crippen molar-refractivity contribution in [3.63, 3.8) is 0 Å². The van der Waals surface area contributed by atoms with Gasteiger partial charge < -0.3 is 10.2 Å². The third-order valence-electron chi connectivity index (χ3n) is 5.19. The van der Waals surface area contributed by atoms with Gasteiger partial charge >= 0.3 is 0 Å². The molecule has 20 heavy (non-hydrogen) atoms. The Balaban J connectivity index is 1.56. The van der Waals surface area contributed by atoms with Crippen molar-refractivity contribution in [1.29, 1.82) is 0 Å². The van der Waals surface area contributed by atoms with Crippen molar-refractivity contribution in [1.82, 2.24) is 10.2 Å². The SMILES string of the molecule is O=C1Cc2ccccc2C2(CCN(CC3CC3)CC2)N1. The minimum atomic E-state index is -0.0913. The first-order valence-electron chi connectivity index (χ1n) is 7.87. The topological polar surface area (TPSA) is 32.3 Å². The first-order valence-corrected chi connectivity index (χ1v) is 7.87. The molecule has 0 bridgehead atoms. The van der Waals surface area contributed by atoms with Crippen LogP contribution >= 0.6 is 0 Å². The molecule has 1 amide bonds. The molecule has 1 spiro atoms. The van der Waals surface area contributed by atoms with Crippen LogP contribution in [0, 0.1) is 5.92 Å². The highest BCUT2D eigenvalue weighted by Crippen LogP contribution is 2.39. The molecular formula is C17H22N2O. The van der Waals surface area contributed by atoms with Gasteiger partial charge in [-0.1, -0.05) is 24.3 Å². The molecule has 1 aromatic carbocycles. The fraction of sp³-hybridized carbons (Fsp3) is 0.588. The average Bonchev–Trinajstić information content (AvgIpc) is 3.25. The van der Waals surface area contributed by atoms with E-state index < -0.39 is 0 Å². The van der Waals surface area contributed by atoms with Crippen LogP contribution in [0.15, 0.2) is 24.3 Å². The second-order valence-corrected chi connectivity index (χ2v) is 6.71. The number of rotatable bonds is 2. The molecule has 3 nitrogen and oxygen atoms in total. The zero-order valence-corrected chi connectivity index (χ0v) is 11.9. The van der Waals surface area contributed by atoms with Crippen LogP contribution in [0.5, 0.6) is 0 Å². The van der Waals surface area contributed by atoms with Crippen LogP contribution in [0.25, 0.3) is 0 Å². The van der Waals surface area contributed by atoms with Crippen LogP contribution in [0.3, 0.4) is 0 Å². The van der Waals surface area contributed by atoms with Crippen LogP contribution in [0.2, 0.25) is 0 Å². The minimum Gasteiger partial charge on any atom is -0.346 e. The quantitative estimate of drug-likeness (QED) is 0.892. The molecule has 2 fully saturated rings. The summed E-state index contributed by atoms with van der Waals surface area (Å²) in [6.45, 7) is 3.50. The molecule has 0 unspecified atom stereocenters. The van der Waals surface area contributed by atoms with Gasteiger partial charge in [0.1, 0.15) is 0 Å².